The first-order chi connectivity index (χ1) is 7.65. The molecule has 0 saturated carbocycles. The highest BCUT2D eigenvalue weighted by Gasteiger charge is 2.00. The van der Waals surface area contributed by atoms with Gasteiger partial charge in [0.15, 0.2) is 0 Å². The van der Waals surface area contributed by atoms with Crippen LogP contribution in [0.25, 0.3) is 0 Å². The van der Waals surface area contributed by atoms with E-state index >= 15 is 0 Å². The second-order valence-electron chi connectivity index (χ2n) is 3.74. The van der Waals surface area contributed by atoms with Crippen molar-refractivity contribution in [2.45, 2.75) is 6.92 Å². The summed E-state index contributed by atoms with van der Waals surface area (Å²) in [5, 5.41) is 3.37. The van der Waals surface area contributed by atoms with Crippen molar-refractivity contribution < 1.29 is 0 Å². The number of hydrogen-bond acceptors (Lipinski definition) is 2. The Morgan fingerprint density at radius 2 is 1.88 bits per heavy atom. The van der Waals surface area contributed by atoms with Crippen LogP contribution in [0.15, 0.2) is 42.5 Å². The molecule has 0 spiro atoms. The summed E-state index contributed by atoms with van der Waals surface area (Å²) in [6.45, 7) is 2.04. The van der Waals surface area contributed by atoms with Gasteiger partial charge in [0.1, 0.15) is 0 Å². The highest BCUT2D eigenvalue weighted by molar-refractivity contribution is 14.1. The molecule has 2 rings (SSSR count). The van der Waals surface area contributed by atoms with Crippen molar-refractivity contribution in [1.29, 1.82) is 0 Å². The third kappa shape index (κ3) is 2.66. The molecule has 0 aromatic heterocycles. The molecule has 0 aliphatic carbocycles. The average Bonchev–Trinajstić information content (AvgIpc) is 2.20. The quantitative estimate of drug-likeness (QED) is 0.649. The van der Waals surface area contributed by atoms with Gasteiger partial charge in [-0.15, -0.1) is 0 Å². The summed E-state index contributed by atoms with van der Waals surface area (Å²) >= 11 is 2.31. The van der Waals surface area contributed by atoms with E-state index in [-0.39, 0.29) is 0 Å². The van der Waals surface area contributed by atoms with Crippen LogP contribution in [0.5, 0.6) is 0 Å². The number of benzene rings is 2. The molecule has 0 fully saturated rings. The fourth-order valence-corrected chi connectivity index (χ4v) is 2.13. The summed E-state index contributed by atoms with van der Waals surface area (Å²) in [6, 6.07) is 14.2. The third-order valence-electron chi connectivity index (χ3n) is 2.25. The maximum absolute atomic E-state index is 5.81. The lowest BCUT2D eigenvalue weighted by molar-refractivity contribution is 1.44. The van der Waals surface area contributed by atoms with Crippen molar-refractivity contribution in [3.05, 3.63) is 51.6 Å². The van der Waals surface area contributed by atoms with Crippen molar-refractivity contribution in [3.63, 3.8) is 0 Å². The first-order valence-electron chi connectivity index (χ1n) is 5.04. The van der Waals surface area contributed by atoms with E-state index in [2.05, 4.69) is 46.1 Å². The van der Waals surface area contributed by atoms with Gasteiger partial charge in [-0.3, -0.25) is 0 Å². The zero-order valence-electron chi connectivity index (χ0n) is 9.00. The minimum absolute atomic E-state index is 0.786. The molecule has 2 aromatic rings. The Balaban J connectivity index is 2.30. The molecular formula is C13H13IN2. The van der Waals surface area contributed by atoms with E-state index in [1.54, 1.807) is 0 Å². The van der Waals surface area contributed by atoms with Crippen LogP contribution >= 0.6 is 22.6 Å². The summed E-state index contributed by atoms with van der Waals surface area (Å²) < 4.78 is 1.19. The maximum atomic E-state index is 5.81. The zero-order chi connectivity index (χ0) is 11.5. The fourth-order valence-electron chi connectivity index (χ4n) is 1.60. The van der Waals surface area contributed by atoms with Gasteiger partial charge in [0.2, 0.25) is 0 Å². The SMILES string of the molecule is Cc1cc(N)cc(Nc2ccccc2I)c1. The standard InChI is InChI=1S/C13H13IN2/c1-9-6-10(15)8-11(7-9)16-13-5-3-2-4-12(13)14/h2-8,16H,15H2,1H3. The number of aryl methyl sites for hydroxylation is 1. The Morgan fingerprint density at radius 3 is 2.56 bits per heavy atom. The van der Waals surface area contributed by atoms with Gasteiger partial charge in [-0.05, 0) is 65.4 Å². The molecule has 0 saturated heterocycles. The molecule has 0 aliphatic heterocycles. The van der Waals surface area contributed by atoms with Gasteiger partial charge in [0.05, 0.1) is 5.69 Å². The number of rotatable bonds is 2. The van der Waals surface area contributed by atoms with Crippen LogP contribution in [-0.4, -0.2) is 0 Å². The van der Waals surface area contributed by atoms with E-state index in [0.29, 0.717) is 0 Å². The van der Waals surface area contributed by atoms with Gasteiger partial charge >= 0.3 is 0 Å². The molecule has 0 atom stereocenters. The zero-order valence-corrected chi connectivity index (χ0v) is 11.2. The summed E-state index contributed by atoms with van der Waals surface area (Å²) in [4.78, 5) is 0. The van der Waals surface area contributed by atoms with Gasteiger partial charge in [-0.2, -0.15) is 0 Å². The summed E-state index contributed by atoms with van der Waals surface area (Å²) in [6.07, 6.45) is 0. The van der Waals surface area contributed by atoms with E-state index in [1.165, 1.54) is 3.57 Å². The molecule has 0 bridgehead atoms. The molecule has 0 unspecified atom stereocenters. The minimum atomic E-state index is 0.786. The summed E-state index contributed by atoms with van der Waals surface area (Å²) in [5.41, 5.74) is 9.89. The Bertz CT molecular complexity index is 489. The molecule has 16 heavy (non-hydrogen) atoms. The van der Waals surface area contributed by atoms with Crippen LogP contribution < -0.4 is 11.1 Å². The smallest absolute Gasteiger partial charge is 0.0519 e. The predicted molar refractivity (Wildman–Crippen MR) is 78.0 cm³/mol. The first-order valence-corrected chi connectivity index (χ1v) is 6.12. The topological polar surface area (TPSA) is 38.0 Å². The molecule has 0 amide bonds. The van der Waals surface area contributed by atoms with Crippen LogP contribution in [0, 0.1) is 10.5 Å². The van der Waals surface area contributed by atoms with E-state index in [0.717, 1.165) is 22.6 Å². The number of hydrogen-bond donors (Lipinski definition) is 2. The molecule has 82 valence electrons. The number of nitrogens with one attached hydrogen (secondary N) is 1. The van der Waals surface area contributed by atoms with Crippen molar-refractivity contribution >= 4 is 39.7 Å². The number of halogens is 1. The fraction of sp³-hybridized carbons (Fsp3) is 0.0769. The maximum Gasteiger partial charge on any atom is 0.0519 e. The Hall–Kier alpha value is -1.23. The van der Waals surface area contributed by atoms with Crippen LogP contribution in [0.2, 0.25) is 0 Å². The highest BCUT2D eigenvalue weighted by Crippen LogP contribution is 2.24. The van der Waals surface area contributed by atoms with Crippen LogP contribution in [0.1, 0.15) is 5.56 Å². The van der Waals surface area contributed by atoms with E-state index in [9.17, 15) is 0 Å². The van der Waals surface area contributed by atoms with E-state index < -0.39 is 0 Å². The van der Waals surface area contributed by atoms with Crippen molar-refractivity contribution in [2.24, 2.45) is 0 Å². The number of nitrogens with two attached hydrogens (primary N) is 1. The van der Waals surface area contributed by atoms with Gasteiger partial charge in [-0.1, -0.05) is 12.1 Å². The Labute approximate surface area is 109 Å². The Kier molecular flexibility index (Phi) is 3.33. The normalized spacial score (nSPS) is 10.1. The van der Waals surface area contributed by atoms with Crippen molar-refractivity contribution in [1.82, 2.24) is 0 Å². The molecule has 3 heteroatoms. The number of nitrogen functional groups attached to an aromatic ring is 1. The van der Waals surface area contributed by atoms with Crippen molar-refractivity contribution in [3.8, 4) is 0 Å². The molecule has 0 radical (unpaired) electrons. The van der Waals surface area contributed by atoms with Crippen LogP contribution in [0.4, 0.5) is 17.1 Å². The highest BCUT2D eigenvalue weighted by atomic mass is 127. The van der Waals surface area contributed by atoms with E-state index in [4.69, 9.17) is 5.73 Å². The minimum Gasteiger partial charge on any atom is -0.399 e. The van der Waals surface area contributed by atoms with Crippen LogP contribution in [0.3, 0.4) is 0 Å². The Morgan fingerprint density at radius 1 is 1.12 bits per heavy atom. The average molecular weight is 324 g/mol. The summed E-state index contributed by atoms with van der Waals surface area (Å²) in [5.74, 6) is 0. The lowest BCUT2D eigenvalue weighted by Gasteiger charge is -2.10. The number of para-hydroxylation sites is 1. The molecule has 0 aliphatic rings. The van der Waals surface area contributed by atoms with Gasteiger partial charge in [0.25, 0.3) is 0 Å². The number of anilines is 3. The molecule has 0 heterocycles. The molecular weight excluding hydrogens is 311 g/mol. The van der Waals surface area contributed by atoms with Gasteiger partial charge in [0, 0.05) is 14.9 Å². The van der Waals surface area contributed by atoms with Crippen LogP contribution in [-0.2, 0) is 0 Å². The molecule has 2 nitrogen and oxygen atoms in total. The largest absolute Gasteiger partial charge is 0.399 e. The second-order valence-corrected chi connectivity index (χ2v) is 4.90. The first kappa shape index (κ1) is 11.3. The molecule has 3 N–H and O–H groups in total. The van der Waals surface area contributed by atoms with E-state index in [1.807, 2.05) is 31.2 Å². The lowest BCUT2D eigenvalue weighted by atomic mass is 10.2. The summed E-state index contributed by atoms with van der Waals surface area (Å²) in [7, 11) is 0. The van der Waals surface area contributed by atoms with Gasteiger partial charge in [-0.25, -0.2) is 0 Å². The monoisotopic (exact) mass is 324 g/mol. The van der Waals surface area contributed by atoms with Crippen molar-refractivity contribution in [2.75, 3.05) is 11.1 Å². The molecule has 2 aromatic carbocycles. The predicted octanol–water partition coefficient (Wildman–Crippen LogP) is 3.93. The second kappa shape index (κ2) is 4.74. The lowest BCUT2D eigenvalue weighted by Crippen LogP contribution is -1.95. The van der Waals surface area contributed by atoms with Gasteiger partial charge < -0.3 is 11.1 Å². The third-order valence-corrected chi connectivity index (χ3v) is 3.19.